The highest BCUT2D eigenvalue weighted by Gasteiger charge is 2.22. The van der Waals surface area contributed by atoms with Gasteiger partial charge in [0.05, 0.1) is 23.2 Å². The van der Waals surface area contributed by atoms with Gasteiger partial charge in [-0.2, -0.15) is 5.10 Å². The number of hydrogen-bond acceptors (Lipinski definition) is 4. The van der Waals surface area contributed by atoms with Gasteiger partial charge in [-0.15, -0.1) is 0 Å². The molecule has 1 aliphatic heterocycles. The molecule has 0 bridgehead atoms. The number of halogens is 1. The van der Waals surface area contributed by atoms with Gasteiger partial charge in [0.25, 0.3) is 0 Å². The van der Waals surface area contributed by atoms with Crippen molar-refractivity contribution in [2.24, 2.45) is 0 Å². The second-order valence-electron chi connectivity index (χ2n) is 7.66. The van der Waals surface area contributed by atoms with Crippen molar-refractivity contribution < 1.29 is 9.13 Å². The molecule has 5 nitrogen and oxygen atoms in total. The molecule has 1 aliphatic rings. The minimum absolute atomic E-state index is 0.242. The van der Waals surface area contributed by atoms with E-state index in [1.807, 2.05) is 29.9 Å². The molecular formula is C23H27FN4O. The third-order valence-corrected chi connectivity index (χ3v) is 5.49. The average Bonchev–Trinajstić information content (AvgIpc) is 3.33. The predicted molar refractivity (Wildman–Crippen MR) is 110 cm³/mol. The van der Waals surface area contributed by atoms with Gasteiger partial charge < -0.3 is 4.74 Å². The van der Waals surface area contributed by atoms with Gasteiger partial charge in [-0.1, -0.05) is 6.07 Å². The summed E-state index contributed by atoms with van der Waals surface area (Å²) in [7, 11) is 0. The Kier molecular flexibility index (Phi) is 6.02. The molecule has 3 aromatic rings. The number of pyridine rings is 1. The second-order valence-corrected chi connectivity index (χ2v) is 7.66. The molecule has 0 unspecified atom stereocenters. The number of aromatic nitrogens is 3. The van der Waals surface area contributed by atoms with Crippen molar-refractivity contribution in [1.29, 1.82) is 0 Å². The van der Waals surface area contributed by atoms with Gasteiger partial charge in [0.15, 0.2) is 0 Å². The molecule has 1 fully saturated rings. The van der Waals surface area contributed by atoms with Gasteiger partial charge in [-0.05, 0) is 63.1 Å². The zero-order valence-electron chi connectivity index (χ0n) is 17.0. The summed E-state index contributed by atoms with van der Waals surface area (Å²) in [5.74, 6) is -0.242. The molecule has 3 heterocycles. The Morgan fingerprint density at radius 3 is 2.66 bits per heavy atom. The fourth-order valence-corrected chi connectivity index (χ4v) is 3.94. The Labute approximate surface area is 171 Å². The van der Waals surface area contributed by atoms with Crippen molar-refractivity contribution in [1.82, 2.24) is 19.7 Å². The van der Waals surface area contributed by atoms with Crippen molar-refractivity contribution in [3.8, 4) is 5.69 Å². The molecule has 1 atom stereocenters. The molecule has 0 radical (unpaired) electrons. The normalized spacial score (nSPS) is 16.6. The second kappa shape index (κ2) is 8.84. The molecule has 6 heteroatoms. The zero-order chi connectivity index (χ0) is 20.2. The SMILES string of the molecule is Cc1nn(-c2ccc(F)cc2)c(C)c1CN(Cc1ccccn1)C[C@H]1CCCO1. The summed E-state index contributed by atoms with van der Waals surface area (Å²) in [5, 5.41) is 4.72. The van der Waals surface area contributed by atoms with Crippen LogP contribution in [0.1, 0.15) is 35.5 Å². The molecule has 0 aliphatic carbocycles. The summed E-state index contributed by atoms with van der Waals surface area (Å²) in [4.78, 5) is 6.89. The van der Waals surface area contributed by atoms with Gasteiger partial charge in [-0.3, -0.25) is 9.88 Å². The Bertz CT molecular complexity index is 934. The van der Waals surface area contributed by atoms with Crippen LogP contribution in [0.5, 0.6) is 0 Å². The fraction of sp³-hybridized carbons (Fsp3) is 0.391. The average molecular weight is 394 g/mol. The maximum Gasteiger partial charge on any atom is 0.123 e. The Morgan fingerprint density at radius 2 is 1.97 bits per heavy atom. The number of rotatable bonds is 7. The van der Waals surface area contributed by atoms with Crippen LogP contribution in [-0.2, 0) is 17.8 Å². The first-order chi connectivity index (χ1) is 14.1. The molecule has 0 saturated carbocycles. The summed E-state index contributed by atoms with van der Waals surface area (Å²) >= 11 is 0. The molecule has 4 rings (SSSR count). The first-order valence-corrected chi connectivity index (χ1v) is 10.1. The fourth-order valence-electron chi connectivity index (χ4n) is 3.94. The number of hydrogen-bond donors (Lipinski definition) is 0. The van der Waals surface area contributed by atoms with Crippen LogP contribution in [0.2, 0.25) is 0 Å². The Morgan fingerprint density at radius 1 is 1.14 bits per heavy atom. The highest BCUT2D eigenvalue weighted by Crippen LogP contribution is 2.22. The topological polar surface area (TPSA) is 43.2 Å². The summed E-state index contributed by atoms with van der Waals surface area (Å²) in [5.41, 5.74) is 5.18. The van der Waals surface area contributed by atoms with Gasteiger partial charge in [0.1, 0.15) is 5.82 Å². The van der Waals surface area contributed by atoms with Gasteiger partial charge >= 0.3 is 0 Å². The van der Waals surface area contributed by atoms with Gasteiger partial charge in [0, 0.05) is 43.7 Å². The third-order valence-electron chi connectivity index (χ3n) is 5.49. The molecule has 1 aromatic carbocycles. The van der Waals surface area contributed by atoms with E-state index in [1.54, 1.807) is 12.1 Å². The molecule has 0 amide bonds. The molecule has 0 spiro atoms. The lowest BCUT2D eigenvalue weighted by Crippen LogP contribution is -2.32. The summed E-state index contributed by atoms with van der Waals surface area (Å²) in [6, 6.07) is 12.5. The van der Waals surface area contributed by atoms with Crippen molar-refractivity contribution in [2.45, 2.75) is 45.9 Å². The van der Waals surface area contributed by atoms with Crippen LogP contribution in [0.3, 0.4) is 0 Å². The minimum atomic E-state index is -0.242. The first kappa shape index (κ1) is 19.7. The quantitative estimate of drug-likeness (QED) is 0.602. The first-order valence-electron chi connectivity index (χ1n) is 10.1. The van der Waals surface area contributed by atoms with E-state index >= 15 is 0 Å². The van der Waals surface area contributed by atoms with E-state index in [0.717, 1.165) is 61.9 Å². The lowest BCUT2D eigenvalue weighted by molar-refractivity contribution is 0.0673. The summed E-state index contributed by atoms with van der Waals surface area (Å²) < 4.78 is 21.1. The zero-order valence-corrected chi connectivity index (χ0v) is 17.0. The molecule has 29 heavy (non-hydrogen) atoms. The number of nitrogens with zero attached hydrogens (tertiary/aromatic N) is 4. The molecule has 1 saturated heterocycles. The van der Waals surface area contributed by atoms with Crippen molar-refractivity contribution in [3.63, 3.8) is 0 Å². The maximum atomic E-state index is 13.3. The van der Waals surface area contributed by atoms with E-state index in [9.17, 15) is 4.39 Å². The highest BCUT2D eigenvalue weighted by molar-refractivity contribution is 5.37. The van der Waals surface area contributed by atoms with Crippen LogP contribution in [0.4, 0.5) is 4.39 Å². The minimum Gasteiger partial charge on any atom is -0.377 e. The molecular weight excluding hydrogens is 367 g/mol. The number of ether oxygens (including phenoxy) is 1. The van der Waals surface area contributed by atoms with Crippen LogP contribution in [0, 0.1) is 19.7 Å². The smallest absolute Gasteiger partial charge is 0.123 e. The van der Waals surface area contributed by atoms with E-state index in [4.69, 9.17) is 9.84 Å². The largest absolute Gasteiger partial charge is 0.377 e. The van der Waals surface area contributed by atoms with Crippen LogP contribution in [0.15, 0.2) is 48.7 Å². The van der Waals surface area contributed by atoms with Gasteiger partial charge in [-0.25, -0.2) is 9.07 Å². The Balaban J connectivity index is 1.58. The van der Waals surface area contributed by atoms with Crippen molar-refractivity contribution in [2.75, 3.05) is 13.2 Å². The van der Waals surface area contributed by atoms with Crippen molar-refractivity contribution in [3.05, 3.63) is 77.1 Å². The third kappa shape index (κ3) is 4.71. The van der Waals surface area contributed by atoms with E-state index in [0.29, 0.717) is 0 Å². The number of benzene rings is 1. The van der Waals surface area contributed by atoms with Crippen LogP contribution in [0.25, 0.3) is 5.69 Å². The van der Waals surface area contributed by atoms with Crippen molar-refractivity contribution >= 4 is 0 Å². The predicted octanol–water partition coefficient (Wildman–Crippen LogP) is 4.20. The molecule has 0 N–H and O–H groups in total. The van der Waals surface area contributed by atoms with E-state index < -0.39 is 0 Å². The van der Waals surface area contributed by atoms with Crippen LogP contribution in [-0.4, -0.2) is 38.9 Å². The van der Waals surface area contributed by atoms with E-state index in [2.05, 4.69) is 22.9 Å². The monoisotopic (exact) mass is 394 g/mol. The number of aryl methyl sites for hydroxylation is 1. The maximum absolute atomic E-state index is 13.3. The molecule has 2 aromatic heterocycles. The standard InChI is InChI=1S/C23H27FN4O/c1-17-23(18(2)28(26-17)21-10-8-19(24)9-11-21)16-27(15-22-7-5-13-29-22)14-20-6-3-4-12-25-20/h3-4,6,8-12,22H,5,7,13-16H2,1-2H3/t22-/m1/s1. The van der Waals surface area contributed by atoms with Crippen LogP contribution >= 0.6 is 0 Å². The lowest BCUT2D eigenvalue weighted by atomic mass is 10.1. The summed E-state index contributed by atoms with van der Waals surface area (Å²) in [6.07, 6.45) is 4.34. The summed E-state index contributed by atoms with van der Waals surface area (Å²) in [6.45, 7) is 7.37. The van der Waals surface area contributed by atoms with E-state index in [1.165, 1.54) is 17.7 Å². The van der Waals surface area contributed by atoms with E-state index in [-0.39, 0.29) is 11.9 Å². The van der Waals surface area contributed by atoms with Crippen LogP contribution < -0.4 is 0 Å². The van der Waals surface area contributed by atoms with Gasteiger partial charge in [0.2, 0.25) is 0 Å². The lowest BCUT2D eigenvalue weighted by Gasteiger charge is -2.25. The molecule has 152 valence electrons. The Hall–Kier alpha value is -2.57. The highest BCUT2D eigenvalue weighted by atomic mass is 19.1.